The summed E-state index contributed by atoms with van der Waals surface area (Å²) in [6.45, 7) is 0. The van der Waals surface area contributed by atoms with Crippen LogP contribution >= 0.6 is 10.0 Å². The van der Waals surface area contributed by atoms with Crippen LogP contribution in [0.2, 0.25) is 0 Å². The van der Waals surface area contributed by atoms with Crippen molar-refractivity contribution >= 4 is 22.2 Å². The van der Waals surface area contributed by atoms with Crippen molar-refractivity contribution in [2.45, 2.75) is 19.6 Å². The molecule has 0 spiro atoms. The Morgan fingerprint density at radius 1 is 0.303 bits per heavy atom. The minimum absolute atomic E-state index is 1.20. The maximum Gasteiger partial charge on any atom is 0.00233 e. The van der Waals surface area contributed by atoms with Gasteiger partial charge in [0.15, 0.2) is 0 Å². The molecule has 0 aliphatic carbocycles. The van der Waals surface area contributed by atoms with E-state index in [1.165, 1.54) is 30.7 Å². The van der Waals surface area contributed by atoms with E-state index in [-0.39, 0.29) is 0 Å². The molecule has 1 heteroatoms. The van der Waals surface area contributed by atoms with E-state index in [2.05, 4.69) is 152 Å². The Morgan fingerprint density at radius 2 is 0.606 bits per heavy atom. The first-order chi connectivity index (χ1) is 16.4. The van der Waals surface area contributed by atoms with Crippen molar-refractivity contribution in [2.75, 3.05) is 0 Å². The van der Waals surface area contributed by atoms with Crippen LogP contribution in [0.15, 0.2) is 165 Å². The van der Waals surface area contributed by atoms with Gasteiger partial charge in [0.1, 0.15) is 0 Å². The van der Waals surface area contributed by atoms with Crippen molar-refractivity contribution in [1.82, 2.24) is 0 Å². The van der Waals surface area contributed by atoms with E-state index in [4.69, 9.17) is 0 Å². The van der Waals surface area contributed by atoms with Crippen molar-refractivity contribution in [3.63, 3.8) is 0 Å². The quantitative estimate of drug-likeness (QED) is 0.230. The fourth-order valence-corrected chi connectivity index (χ4v) is 8.10. The summed E-state index contributed by atoms with van der Waals surface area (Å²) in [4.78, 5) is 5.36. The lowest BCUT2D eigenvalue weighted by molar-refractivity contribution is 1.24. The average Bonchev–Trinajstić information content (AvgIpc) is 2.91. The Balaban J connectivity index is 1.67. The van der Waals surface area contributed by atoms with Crippen LogP contribution in [0.3, 0.4) is 0 Å². The second-order valence-electron chi connectivity index (χ2n) is 7.86. The topological polar surface area (TPSA) is 0 Å². The summed E-state index contributed by atoms with van der Waals surface area (Å²) in [5.41, 5.74) is 2.41. The Bertz CT molecular complexity index is 1210. The van der Waals surface area contributed by atoms with Crippen molar-refractivity contribution in [2.24, 2.45) is 0 Å². The lowest BCUT2D eigenvalue weighted by Crippen LogP contribution is -2.05. The molecular weight excluding hydrogens is 416 g/mol. The smallest absolute Gasteiger partial charge is 0.00233 e. The van der Waals surface area contributed by atoms with Gasteiger partial charge in [-0.1, -0.05) is 109 Å². The lowest BCUT2D eigenvalue weighted by Gasteiger charge is -2.42. The third-order valence-corrected chi connectivity index (χ3v) is 9.71. The van der Waals surface area contributed by atoms with E-state index >= 15 is 0 Å². The molecule has 0 fully saturated rings. The molecule has 0 aliphatic heterocycles. The molecule has 0 aliphatic rings. The molecule has 0 aromatic heterocycles. The van der Waals surface area contributed by atoms with Crippen LogP contribution in [0.25, 0.3) is 12.2 Å². The van der Waals surface area contributed by atoms with Crippen molar-refractivity contribution in [3.05, 3.63) is 157 Å². The summed E-state index contributed by atoms with van der Waals surface area (Å²) in [6, 6.07) is 52.4. The van der Waals surface area contributed by atoms with Crippen LogP contribution in [0, 0.1) is 0 Å². The standard InChI is InChI=1S/C32H26S/c1-5-13-27(14-6-1)21-22-28-23-25-32(26-24-28)33(29-15-7-2-8-16-29,30-17-9-3-10-18-30)31-19-11-4-12-20-31/h1-26H/b22-21+. The highest BCUT2D eigenvalue weighted by molar-refractivity contribution is 8.34. The van der Waals surface area contributed by atoms with Gasteiger partial charge in [-0.25, -0.2) is 0 Å². The predicted octanol–water partition coefficient (Wildman–Crippen LogP) is 9.20. The van der Waals surface area contributed by atoms with Gasteiger partial charge in [-0.3, -0.25) is 0 Å². The Labute approximate surface area is 198 Å². The van der Waals surface area contributed by atoms with E-state index in [1.54, 1.807) is 0 Å². The van der Waals surface area contributed by atoms with Crippen molar-refractivity contribution in [3.8, 4) is 0 Å². The van der Waals surface area contributed by atoms with E-state index in [1.807, 2.05) is 6.07 Å². The highest BCUT2D eigenvalue weighted by Gasteiger charge is 2.32. The first-order valence-electron chi connectivity index (χ1n) is 11.2. The molecule has 0 bridgehead atoms. The fraction of sp³-hybridized carbons (Fsp3) is 0. The molecule has 0 atom stereocenters. The largest absolute Gasteiger partial charge is 0.133 e. The normalized spacial score (nSPS) is 12.0. The first kappa shape index (κ1) is 21.1. The van der Waals surface area contributed by atoms with Gasteiger partial charge in [0.2, 0.25) is 0 Å². The van der Waals surface area contributed by atoms with Gasteiger partial charge in [-0.15, -0.1) is 10.0 Å². The summed E-state index contributed by atoms with van der Waals surface area (Å²) in [5.74, 6) is 0. The van der Waals surface area contributed by atoms with Crippen molar-refractivity contribution < 1.29 is 0 Å². The molecule has 0 amide bonds. The van der Waals surface area contributed by atoms with E-state index in [0.29, 0.717) is 0 Å². The third kappa shape index (κ3) is 4.28. The van der Waals surface area contributed by atoms with Gasteiger partial charge in [0.05, 0.1) is 0 Å². The van der Waals surface area contributed by atoms with Crippen LogP contribution < -0.4 is 0 Å². The first-order valence-corrected chi connectivity index (χ1v) is 12.8. The second-order valence-corrected chi connectivity index (χ2v) is 11.0. The van der Waals surface area contributed by atoms with Gasteiger partial charge >= 0.3 is 0 Å². The zero-order chi connectivity index (χ0) is 22.3. The molecule has 160 valence electrons. The van der Waals surface area contributed by atoms with E-state index in [9.17, 15) is 0 Å². The molecule has 0 unspecified atom stereocenters. The van der Waals surface area contributed by atoms with Crippen LogP contribution in [-0.4, -0.2) is 0 Å². The van der Waals surface area contributed by atoms with Crippen LogP contribution in [0.5, 0.6) is 0 Å². The average molecular weight is 443 g/mol. The SMILES string of the molecule is C(=C\c1ccc(S(c2ccccc2)(c2ccccc2)c2ccccc2)cc1)/c1ccccc1. The predicted molar refractivity (Wildman–Crippen MR) is 142 cm³/mol. The maximum absolute atomic E-state index is 2.31. The number of benzene rings is 5. The minimum atomic E-state index is -1.62. The van der Waals surface area contributed by atoms with Gasteiger partial charge in [0, 0.05) is 19.6 Å². The van der Waals surface area contributed by atoms with Gasteiger partial charge < -0.3 is 0 Å². The summed E-state index contributed by atoms with van der Waals surface area (Å²) >= 11 is 0. The van der Waals surface area contributed by atoms with Crippen LogP contribution in [0.1, 0.15) is 11.1 Å². The molecule has 0 nitrogen and oxygen atoms in total. The molecular formula is C32H26S. The molecule has 33 heavy (non-hydrogen) atoms. The Hall–Kier alpha value is -3.81. The number of hydrogen-bond donors (Lipinski definition) is 0. The zero-order valence-electron chi connectivity index (χ0n) is 18.4. The van der Waals surface area contributed by atoms with Gasteiger partial charge in [0.25, 0.3) is 0 Å². The number of rotatable bonds is 6. The summed E-state index contributed by atoms with van der Waals surface area (Å²) in [7, 11) is -1.62. The van der Waals surface area contributed by atoms with Gasteiger partial charge in [-0.05, 0) is 59.7 Å². The highest BCUT2D eigenvalue weighted by atomic mass is 32.3. The molecule has 0 radical (unpaired) electrons. The third-order valence-electron chi connectivity index (χ3n) is 5.79. The monoisotopic (exact) mass is 442 g/mol. The molecule has 0 N–H and O–H groups in total. The second kappa shape index (κ2) is 9.77. The Kier molecular flexibility index (Phi) is 6.23. The summed E-state index contributed by atoms with van der Waals surface area (Å²) in [5, 5.41) is 0. The van der Waals surface area contributed by atoms with E-state index < -0.39 is 10.0 Å². The lowest BCUT2D eigenvalue weighted by atomic mass is 10.1. The van der Waals surface area contributed by atoms with Crippen molar-refractivity contribution in [1.29, 1.82) is 0 Å². The molecule has 0 saturated carbocycles. The fourth-order valence-electron chi connectivity index (χ4n) is 4.23. The minimum Gasteiger partial charge on any atom is -0.133 e. The van der Waals surface area contributed by atoms with Crippen LogP contribution in [0.4, 0.5) is 0 Å². The Morgan fingerprint density at radius 3 is 1.00 bits per heavy atom. The molecule has 5 rings (SSSR count). The van der Waals surface area contributed by atoms with Gasteiger partial charge in [-0.2, -0.15) is 0 Å². The highest BCUT2D eigenvalue weighted by Crippen LogP contribution is 2.73. The van der Waals surface area contributed by atoms with Crippen LogP contribution in [-0.2, 0) is 0 Å². The molecule has 0 heterocycles. The summed E-state index contributed by atoms with van der Waals surface area (Å²) in [6.07, 6.45) is 4.35. The molecule has 5 aromatic carbocycles. The summed E-state index contributed by atoms with van der Waals surface area (Å²) < 4.78 is 0. The zero-order valence-corrected chi connectivity index (χ0v) is 19.2. The van der Waals surface area contributed by atoms with E-state index in [0.717, 1.165) is 0 Å². The maximum atomic E-state index is 2.31. The number of hydrogen-bond acceptors (Lipinski definition) is 0. The molecule has 5 aromatic rings. The molecule has 0 saturated heterocycles.